The number of nitrogens with zero attached hydrogens (tertiary/aromatic N) is 1. The first-order chi connectivity index (χ1) is 8.51. The number of hydrogen-bond acceptors (Lipinski definition) is 5. The molecule has 0 spiro atoms. The third kappa shape index (κ3) is 3.32. The summed E-state index contributed by atoms with van der Waals surface area (Å²) < 4.78 is 1.34. The fraction of sp³-hybridized carbons (Fsp3) is 0.636. The van der Waals surface area contributed by atoms with E-state index in [9.17, 15) is 9.59 Å². The minimum Gasteiger partial charge on any atom is -0.383 e. The highest BCUT2D eigenvalue weighted by Gasteiger charge is 2.13. The summed E-state index contributed by atoms with van der Waals surface area (Å²) in [6.45, 7) is 4.21. The summed E-state index contributed by atoms with van der Waals surface area (Å²) in [5.41, 5.74) is 5.20. The second-order valence-corrected chi connectivity index (χ2v) is 5.08. The lowest BCUT2D eigenvalue weighted by molar-refractivity contribution is 0.699. The second kappa shape index (κ2) is 6.53. The van der Waals surface area contributed by atoms with Gasteiger partial charge in [-0.05, 0) is 32.3 Å². The second-order valence-electron chi connectivity index (χ2n) is 4.09. The minimum atomic E-state index is -0.470. The van der Waals surface area contributed by atoms with Crippen LogP contribution in [0, 0.1) is 0 Å². The van der Waals surface area contributed by atoms with E-state index in [2.05, 4.69) is 10.3 Å². The van der Waals surface area contributed by atoms with E-state index < -0.39 is 11.2 Å². The molecule has 1 heterocycles. The van der Waals surface area contributed by atoms with Crippen molar-refractivity contribution in [3.8, 4) is 0 Å². The van der Waals surface area contributed by atoms with E-state index in [1.807, 2.05) is 13.2 Å². The first-order valence-electron chi connectivity index (χ1n) is 5.89. The number of nitrogen functional groups attached to an aromatic ring is 1. The molecule has 1 unspecified atom stereocenters. The summed E-state index contributed by atoms with van der Waals surface area (Å²) in [6, 6.07) is 0.128. The molecule has 1 rings (SSSR count). The highest BCUT2D eigenvalue weighted by atomic mass is 32.2. The summed E-state index contributed by atoms with van der Waals surface area (Å²) in [5.74, 6) is 1.20. The number of nitrogens with one attached hydrogen (secondary N) is 2. The maximum Gasteiger partial charge on any atom is 0.330 e. The summed E-state index contributed by atoms with van der Waals surface area (Å²) in [5, 5.41) is 3.07. The predicted molar refractivity (Wildman–Crippen MR) is 77.5 cm³/mol. The summed E-state index contributed by atoms with van der Waals surface area (Å²) >= 11 is 1.75. The van der Waals surface area contributed by atoms with Crippen molar-refractivity contribution >= 4 is 23.3 Å². The number of nitrogens with two attached hydrogens (primary N) is 1. The van der Waals surface area contributed by atoms with E-state index in [1.165, 1.54) is 4.57 Å². The van der Waals surface area contributed by atoms with Crippen LogP contribution in [0.15, 0.2) is 9.59 Å². The van der Waals surface area contributed by atoms with Crippen LogP contribution >= 0.6 is 11.8 Å². The van der Waals surface area contributed by atoms with Crippen molar-refractivity contribution in [2.24, 2.45) is 0 Å². The fourth-order valence-electron chi connectivity index (χ4n) is 1.65. The molecule has 18 heavy (non-hydrogen) atoms. The Morgan fingerprint density at radius 1 is 1.50 bits per heavy atom. The lowest BCUT2D eigenvalue weighted by Gasteiger charge is -2.17. The number of rotatable bonds is 6. The Bertz CT molecular complexity index is 509. The van der Waals surface area contributed by atoms with E-state index in [1.54, 1.807) is 18.7 Å². The molecule has 6 nitrogen and oxygen atoms in total. The van der Waals surface area contributed by atoms with Crippen LogP contribution in [-0.2, 0) is 6.54 Å². The van der Waals surface area contributed by atoms with Crippen LogP contribution in [0.2, 0.25) is 0 Å². The zero-order valence-corrected chi connectivity index (χ0v) is 11.8. The van der Waals surface area contributed by atoms with Gasteiger partial charge in [0, 0.05) is 12.6 Å². The van der Waals surface area contributed by atoms with E-state index in [4.69, 9.17) is 5.73 Å². The molecule has 0 aliphatic heterocycles. The standard InChI is InChI=1S/C11H20N4O2S/c1-4-15-9(12)8(10(16)14-11(15)17)13-7(2)5-6-18-3/h7,13H,4-6,12H2,1-3H3,(H,14,16,17). The quantitative estimate of drug-likeness (QED) is 0.708. The monoisotopic (exact) mass is 272 g/mol. The molecule has 0 saturated carbocycles. The maximum absolute atomic E-state index is 11.7. The van der Waals surface area contributed by atoms with Gasteiger partial charge in [-0.2, -0.15) is 11.8 Å². The van der Waals surface area contributed by atoms with Gasteiger partial charge in [0.15, 0.2) is 0 Å². The molecule has 0 fully saturated rings. The van der Waals surface area contributed by atoms with Gasteiger partial charge in [0.2, 0.25) is 0 Å². The molecule has 0 aromatic carbocycles. The van der Waals surface area contributed by atoms with Gasteiger partial charge in [0.05, 0.1) is 0 Å². The summed E-state index contributed by atoms with van der Waals surface area (Å²) in [4.78, 5) is 25.5. The smallest absolute Gasteiger partial charge is 0.330 e. The van der Waals surface area contributed by atoms with Crippen molar-refractivity contribution < 1.29 is 0 Å². The number of thioether (sulfide) groups is 1. The molecule has 0 aliphatic carbocycles. The van der Waals surface area contributed by atoms with Crippen LogP contribution in [-0.4, -0.2) is 27.6 Å². The lowest BCUT2D eigenvalue weighted by Crippen LogP contribution is -2.35. The average Bonchev–Trinajstić information content (AvgIpc) is 2.32. The van der Waals surface area contributed by atoms with Crippen LogP contribution in [0.4, 0.5) is 11.5 Å². The Morgan fingerprint density at radius 2 is 2.17 bits per heavy atom. The average molecular weight is 272 g/mol. The van der Waals surface area contributed by atoms with Crippen LogP contribution in [0.25, 0.3) is 0 Å². The van der Waals surface area contributed by atoms with Crippen molar-refractivity contribution in [3.05, 3.63) is 20.8 Å². The SMILES string of the molecule is CCn1c(N)c(NC(C)CCSC)c(=O)[nH]c1=O. The summed E-state index contributed by atoms with van der Waals surface area (Å²) in [7, 11) is 0. The highest BCUT2D eigenvalue weighted by molar-refractivity contribution is 7.98. The zero-order chi connectivity index (χ0) is 13.7. The van der Waals surface area contributed by atoms with Gasteiger partial charge in [-0.3, -0.25) is 14.3 Å². The molecule has 1 aromatic heterocycles. The van der Waals surface area contributed by atoms with Crippen molar-refractivity contribution in [3.63, 3.8) is 0 Å². The zero-order valence-electron chi connectivity index (χ0n) is 10.9. The van der Waals surface area contributed by atoms with Gasteiger partial charge in [-0.1, -0.05) is 0 Å². The van der Waals surface area contributed by atoms with E-state index >= 15 is 0 Å². The fourth-order valence-corrected chi connectivity index (χ4v) is 2.24. The summed E-state index contributed by atoms with van der Waals surface area (Å²) in [6.07, 6.45) is 2.95. The first-order valence-corrected chi connectivity index (χ1v) is 7.28. The number of aromatic nitrogens is 2. The number of aromatic amines is 1. The van der Waals surface area contributed by atoms with E-state index in [0.717, 1.165) is 12.2 Å². The van der Waals surface area contributed by atoms with Gasteiger partial charge in [0.25, 0.3) is 5.56 Å². The molecule has 0 saturated heterocycles. The van der Waals surface area contributed by atoms with Crippen molar-refractivity contribution in [2.75, 3.05) is 23.1 Å². The van der Waals surface area contributed by atoms with Crippen molar-refractivity contribution in [2.45, 2.75) is 32.9 Å². The van der Waals surface area contributed by atoms with Gasteiger partial charge in [-0.25, -0.2) is 4.79 Å². The van der Waals surface area contributed by atoms with Gasteiger partial charge in [-0.15, -0.1) is 0 Å². The molecule has 0 radical (unpaired) electrons. The molecule has 0 bridgehead atoms. The third-order valence-corrected chi connectivity index (χ3v) is 3.35. The van der Waals surface area contributed by atoms with Gasteiger partial charge >= 0.3 is 5.69 Å². The Hall–Kier alpha value is -1.37. The molecule has 4 N–H and O–H groups in total. The maximum atomic E-state index is 11.7. The Labute approximate surface area is 110 Å². The predicted octanol–water partition coefficient (Wildman–Crippen LogP) is 0.692. The molecule has 0 aliphatic rings. The van der Waals surface area contributed by atoms with E-state index in [-0.39, 0.29) is 17.5 Å². The molecular weight excluding hydrogens is 252 g/mol. The van der Waals surface area contributed by atoms with Crippen LogP contribution in [0.5, 0.6) is 0 Å². The number of anilines is 2. The Balaban J connectivity index is 3.02. The lowest BCUT2D eigenvalue weighted by atomic mass is 10.2. The topological polar surface area (TPSA) is 92.9 Å². The minimum absolute atomic E-state index is 0.128. The molecule has 7 heteroatoms. The van der Waals surface area contributed by atoms with Crippen LogP contribution in [0.3, 0.4) is 0 Å². The Morgan fingerprint density at radius 3 is 2.72 bits per heavy atom. The third-order valence-electron chi connectivity index (χ3n) is 2.70. The Kier molecular flexibility index (Phi) is 5.33. The van der Waals surface area contributed by atoms with Gasteiger partial charge < -0.3 is 11.1 Å². The van der Waals surface area contributed by atoms with Crippen molar-refractivity contribution in [1.29, 1.82) is 0 Å². The van der Waals surface area contributed by atoms with E-state index in [0.29, 0.717) is 6.54 Å². The highest BCUT2D eigenvalue weighted by Crippen LogP contribution is 2.13. The normalized spacial score (nSPS) is 12.4. The first kappa shape index (κ1) is 14.7. The number of H-pyrrole nitrogens is 1. The molecular formula is C11H20N4O2S. The van der Waals surface area contributed by atoms with Crippen LogP contribution in [0.1, 0.15) is 20.3 Å². The number of hydrogen-bond donors (Lipinski definition) is 3. The molecule has 0 amide bonds. The van der Waals surface area contributed by atoms with Crippen molar-refractivity contribution in [1.82, 2.24) is 9.55 Å². The molecule has 1 aromatic rings. The van der Waals surface area contributed by atoms with Gasteiger partial charge in [0.1, 0.15) is 11.5 Å². The molecule has 1 atom stereocenters. The molecule has 102 valence electrons. The largest absolute Gasteiger partial charge is 0.383 e. The van der Waals surface area contributed by atoms with Crippen LogP contribution < -0.4 is 22.3 Å².